The number of nitrogens with zero attached hydrogens (tertiary/aromatic N) is 1. The average Bonchev–Trinajstić information content (AvgIpc) is 3.06. The van der Waals surface area contributed by atoms with Gasteiger partial charge in [0.2, 0.25) is 15.9 Å². The van der Waals surface area contributed by atoms with E-state index in [2.05, 4.69) is 15.0 Å². The van der Waals surface area contributed by atoms with Crippen molar-refractivity contribution in [3.05, 3.63) is 53.4 Å². The molecular weight excluding hydrogens is 390 g/mol. The van der Waals surface area contributed by atoms with E-state index in [1.807, 2.05) is 6.07 Å². The summed E-state index contributed by atoms with van der Waals surface area (Å²) in [5, 5.41) is 2.75. The number of anilines is 1. The van der Waals surface area contributed by atoms with Crippen LogP contribution in [0.4, 0.5) is 5.69 Å². The molecule has 0 atom stereocenters. The number of aryl methyl sites for hydroxylation is 3. The minimum absolute atomic E-state index is 0.0244. The summed E-state index contributed by atoms with van der Waals surface area (Å²) in [4.78, 5) is 16.7. The summed E-state index contributed by atoms with van der Waals surface area (Å²) in [5.74, 6) is 0.276. The molecule has 1 heterocycles. The summed E-state index contributed by atoms with van der Waals surface area (Å²) in [5.41, 5.74) is 4.24. The van der Waals surface area contributed by atoms with E-state index in [0.29, 0.717) is 22.7 Å². The maximum Gasteiger partial charge on any atom is 0.240 e. The quantitative estimate of drug-likeness (QED) is 0.646. The van der Waals surface area contributed by atoms with Crippen molar-refractivity contribution in [2.75, 3.05) is 11.9 Å². The number of aromatic nitrogens is 1. The molecule has 2 aromatic carbocycles. The molecule has 0 fully saturated rings. The van der Waals surface area contributed by atoms with Crippen molar-refractivity contribution in [3.8, 4) is 0 Å². The minimum atomic E-state index is -3.64. The van der Waals surface area contributed by atoms with Crippen LogP contribution in [-0.4, -0.2) is 25.9 Å². The Balaban J connectivity index is 1.34. The van der Waals surface area contributed by atoms with Crippen LogP contribution >= 0.6 is 0 Å². The van der Waals surface area contributed by atoms with E-state index >= 15 is 0 Å². The third kappa shape index (κ3) is 4.49. The topological polar surface area (TPSA) is 101 Å². The van der Waals surface area contributed by atoms with Gasteiger partial charge in [-0.1, -0.05) is 6.07 Å². The van der Waals surface area contributed by atoms with E-state index < -0.39 is 10.0 Å². The summed E-state index contributed by atoms with van der Waals surface area (Å²) >= 11 is 0. The fraction of sp³-hybridized carbons (Fsp3) is 0.333. The second-order valence-corrected chi connectivity index (χ2v) is 9.02. The predicted octanol–water partition coefficient (Wildman–Crippen LogP) is 3.32. The molecule has 8 heteroatoms. The van der Waals surface area contributed by atoms with E-state index in [0.717, 1.165) is 31.2 Å². The third-order valence-corrected chi connectivity index (χ3v) is 6.51. The number of oxazole rings is 1. The molecule has 3 aromatic rings. The minimum Gasteiger partial charge on any atom is -0.441 e. The smallest absolute Gasteiger partial charge is 0.240 e. The van der Waals surface area contributed by atoms with Gasteiger partial charge in [-0.25, -0.2) is 18.1 Å². The Morgan fingerprint density at radius 2 is 1.90 bits per heavy atom. The van der Waals surface area contributed by atoms with E-state index in [1.54, 1.807) is 37.3 Å². The first kappa shape index (κ1) is 19.6. The van der Waals surface area contributed by atoms with Crippen LogP contribution in [0.1, 0.15) is 36.3 Å². The van der Waals surface area contributed by atoms with Gasteiger partial charge in [0, 0.05) is 25.6 Å². The largest absolute Gasteiger partial charge is 0.441 e. The molecule has 0 bridgehead atoms. The van der Waals surface area contributed by atoms with Crippen molar-refractivity contribution in [2.24, 2.45) is 0 Å². The molecule has 0 spiro atoms. The van der Waals surface area contributed by atoms with E-state index in [9.17, 15) is 13.2 Å². The number of carbonyl (C=O) groups is 1. The highest BCUT2D eigenvalue weighted by Gasteiger charge is 2.18. The van der Waals surface area contributed by atoms with Crippen molar-refractivity contribution in [3.63, 3.8) is 0 Å². The fourth-order valence-electron chi connectivity index (χ4n) is 3.60. The standard InChI is InChI=1S/C21H23N3O4S/c1-14-23-19-13-17(7-9-20(19)28-14)24-21(25)10-11-22-29(26,27)18-8-6-15-4-2-3-5-16(15)12-18/h6-9,12-13,22H,2-5,10-11H2,1H3,(H,24,25). The van der Waals surface area contributed by atoms with E-state index in [4.69, 9.17) is 4.42 Å². The van der Waals surface area contributed by atoms with Crippen LogP contribution in [0.3, 0.4) is 0 Å². The SMILES string of the molecule is Cc1nc2cc(NC(=O)CCNS(=O)(=O)c3ccc4c(c3)CCCC4)ccc2o1. The molecule has 1 aliphatic rings. The normalized spacial score (nSPS) is 14.0. The number of hydrogen-bond donors (Lipinski definition) is 2. The highest BCUT2D eigenvalue weighted by Crippen LogP contribution is 2.24. The zero-order valence-electron chi connectivity index (χ0n) is 16.2. The molecule has 0 aliphatic heterocycles. The Morgan fingerprint density at radius 3 is 2.72 bits per heavy atom. The molecule has 2 N–H and O–H groups in total. The number of amides is 1. The van der Waals surface area contributed by atoms with Crippen LogP contribution in [0, 0.1) is 6.92 Å². The van der Waals surface area contributed by atoms with E-state index in [1.165, 1.54) is 5.56 Å². The number of carbonyl (C=O) groups excluding carboxylic acids is 1. The summed E-state index contributed by atoms with van der Waals surface area (Å²) in [6.07, 6.45) is 4.18. The molecule has 29 heavy (non-hydrogen) atoms. The molecular formula is C21H23N3O4S. The Morgan fingerprint density at radius 1 is 1.10 bits per heavy atom. The Kier molecular flexibility index (Phi) is 5.38. The molecule has 0 saturated heterocycles. The van der Waals surface area contributed by atoms with Gasteiger partial charge in [-0.2, -0.15) is 0 Å². The molecule has 0 radical (unpaired) electrons. The molecule has 7 nitrogen and oxygen atoms in total. The number of rotatable bonds is 6. The first-order valence-electron chi connectivity index (χ1n) is 9.69. The van der Waals surface area contributed by atoms with Crippen LogP contribution in [0.15, 0.2) is 45.7 Å². The zero-order valence-corrected chi connectivity index (χ0v) is 17.0. The number of nitrogens with one attached hydrogen (secondary N) is 2. The summed E-state index contributed by atoms with van der Waals surface area (Å²) in [7, 11) is -3.64. The fourth-order valence-corrected chi connectivity index (χ4v) is 4.69. The van der Waals surface area contributed by atoms with Crippen molar-refractivity contribution in [1.29, 1.82) is 0 Å². The molecule has 152 valence electrons. The van der Waals surface area contributed by atoms with E-state index in [-0.39, 0.29) is 23.8 Å². The maximum absolute atomic E-state index is 12.5. The van der Waals surface area contributed by atoms with Gasteiger partial charge < -0.3 is 9.73 Å². The summed E-state index contributed by atoms with van der Waals surface area (Å²) < 4.78 is 33.0. The lowest BCUT2D eigenvalue weighted by molar-refractivity contribution is -0.116. The van der Waals surface area contributed by atoms with Crippen molar-refractivity contribution in [2.45, 2.75) is 43.9 Å². The molecule has 1 amide bonds. The lowest BCUT2D eigenvalue weighted by Crippen LogP contribution is -2.28. The molecule has 0 saturated carbocycles. The van der Waals surface area contributed by atoms with Gasteiger partial charge in [-0.15, -0.1) is 0 Å². The second-order valence-electron chi connectivity index (χ2n) is 7.25. The van der Waals surface area contributed by atoms with Gasteiger partial charge in [0.05, 0.1) is 4.90 Å². The van der Waals surface area contributed by atoms with Gasteiger partial charge in [0.1, 0.15) is 5.52 Å². The number of fused-ring (bicyclic) bond motifs is 2. The van der Waals surface area contributed by atoms with Crippen LogP contribution in [0.25, 0.3) is 11.1 Å². The first-order chi connectivity index (χ1) is 13.9. The van der Waals surface area contributed by atoms with Crippen molar-refractivity contribution >= 4 is 32.7 Å². The average molecular weight is 413 g/mol. The summed E-state index contributed by atoms with van der Waals surface area (Å²) in [6, 6.07) is 10.5. The van der Waals surface area contributed by atoms with Crippen molar-refractivity contribution < 1.29 is 17.6 Å². The van der Waals surface area contributed by atoms with Crippen LogP contribution in [0.5, 0.6) is 0 Å². The van der Waals surface area contributed by atoms with Gasteiger partial charge in [-0.05, 0) is 67.1 Å². The number of sulfonamides is 1. The lowest BCUT2D eigenvalue weighted by Gasteiger charge is -2.16. The van der Waals surface area contributed by atoms with Crippen molar-refractivity contribution in [1.82, 2.24) is 9.71 Å². The van der Waals surface area contributed by atoms with Gasteiger partial charge in [0.15, 0.2) is 11.5 Å². The first-order valence-corrected chi connectivity index (χ1v) is 11.2. The molecule has 1 aliphatic carbocycles. The van der Waals surface area contributed by atoms with Crippen LogP contribution in [0.2, 0.25) is 0 Å². The van der Waals surface area contributed by atoms with Crippen LogP contribution < -0.4 is 10.0 Å². The molecule has 1 aromatic heterocycles. The van der Waals surface area contributed by atoms with Gasteiger partial charge >= 0.3 is 0 Å². The predicted molar refractivity (Wildman–Crippen MR) is 110 cm³/mol. The van der Waals surface area contributed by atoms with Crippen LogP contribution in [-0.2, 0) is 27.7 Å². The Labute approximate surface area is 169 Å². The Hall–Kier alpha value is -2.71. The monoisotopic (exact) mass is 413 g/mol. The lowest BCUT2D eigenvalue weighted by atomic mass is 9.92. The highest BCUT2D eigenvalue weighted by atomic mass is 32.2. The zero-order chi connectivity index (χ0) is 20.4. The highest BCUT2D eigenvalue weighted by molar-refractivity contribution is 7.89. The summed E-state index contributed by atoms with van der Waals surface area (Å²) in [6.45, 7) is 1.78. The second kappa shape index (κ2) is 7.96. The number of hydrogen-bond acceptors (Lipinski definition) is 5. The molecule has 4 rings (SSSR count). The third-order valence-electron chi connectivity index (χ3n) is 5.05. The number of benzene rings is 2. The Bertz CT molecular complexity index is 1170. The maximum atomic E-state index is 12.5. The van der Waals surface area contributed by atoms with Gasteiger partial charge in [-0.3, -0.25) is 4.79 Å². The van der Waals surface area contributed by atoms with Gasteiger partial charge in [0.25, 0.3) is 0 Å². The molecule has 0 unspecified atom stereocenters.